The highest BCUT2D eigenvalue weighted by molar-refractivity contribution is 5.78. The summed E-state index contributed by atoms with van der Waals surface area (Å²) in [6.07, 6.45) is 5.59. The number of allylic oxidation sites excluding steroid dienone is 5. The first-order valence-corrected chi connectivity index (χ1v) is 9.23. The summed E-state index contributed by atoms with van der Waals surface area (Å²) in [6.45, 7) is 7.39. The molecule has 0 unspecified atom stereocenters. The van der Waals surface area contributed by atoms with Gasteiger partial charge in [0.05, 0.1) is 0 Å². The summed E-state index contributed by atoms with van der Waals surface area (Å²) < 4.78 is 46.1. The molecule has 5 heteroatoms. The van der Waals surface area contributed by atoms with Crippen LogP contribution in [0.2, 0.25) is 0 Å². The number of oxazole rings is 1. The highest BCUT2D eigenvalue weighted by atomic mass is 19.3. The first-order valence-electron chi connectivity index (χ1n) is 9.23. The van der Waals surface area contributed by atoms with Crippen molar-refractivity contribution in [1.29, 1.82) is 0 Å². The standard InChI is InChI=1S/C22H24F3NO/c1-4-18(23)6-5-14(2)11-16-12-19(17-7-9-22(24,25)10-8-17)21-20(13-16)26-15(3)27-21/h4-6,12-13,17H,2,7-11H2,1,3H3/b6-5-,18-4+. The van der Waals surface area contributed by atoms with Crippen LogP contribution in [0.3, 0.4) is 0 Å². The second-order valence-electron chi connectivity index (χ2n) is 7.24. The van der Waals surface area contributed by atoms with Crippen molar-refractivity contribution in [2.45, 2.75) is 57.8 Å². The van der Waals surface area contributed by atoms with Gasteiger partial charge in [-0.1, -0.05) is 30.4 Å². The predicted molar refractivity (Wildman–Crippen MR) is 102 cm³/mol. The predicted octanol–water partition coefficient (Wildman–Crippen LogP) is 6.96. The molecule has 0 spiro atoms. The molecule has 27 heavy (non-hydrogen) atoms. The Bertz CT molecular complexity index is 898. The summed E-state index contributed by atoms with van der Waals surface area (Å²) in [5, 5.41) is 0. The third-order valence-corrected chi connectivity index (χ3v) is 5.03. The molecular weight excluding hydrogens is 351 g/mol. The molecule has 1 aromatic carbocycles. The zero-order chi connectivity index (χ0) is 19.6. The fraction of sp³-hybridized carbons (Fsp3) is 0.409. The van der Waals surface area contributed by atoms with Gasteiger partial charge >= 0.3 is 0 Å². The van der Waals surface area contributed by atoms with E-state index in [1.807, 2.05) is 12.1 Å². The van der Waals surface area contributed by atoms with Gasteiger partial charge in [0, 0.05) is 25.3 Å². The Morgan fingerprint density at radius 1 is 1.30 bits per heavy atom. The Morgan fingerprint density at radius 2 is 2.00 bits per heavy atom. The number of benzene rings is 1. The molecule has 144 valence electrons. The maximum Gasteiger partial charge on any atom is 0.248 e. The van der Waals surface area contributed by atoms with Crippen LogP contribution in [0.5, 0.6) is 0 Å². The molecule has 0 radical (unpaired) electrons. The van der Waals surface area contributed by atoms with Gasteiger partial charge < -0.3 is 4.42 Å². The first-order chi connectivity index (χ1) is 12.8. The van der Waals surface area contributed by atoms with Gasteiger partial charge in [0.2, 0.25) is 5.92 Å². The van der Waals surface area contributed by atoms with E-state index >= 15 is 0 Å². The Morgan fingerprint density at radius 3 is 2.67 bits per heavy atom. The van der Waals surface area contributed by atoms with Gasteiger partial charge in [-0.05, 0) is 49.8 Å². The van der Waals surface area contributed by atoms with Crippen molar-refractivity contribution in [1.82, 2.24) is 4.98 Å². The molecule has 0 N–H and O–H groups in total. The molecule has 0 amide bonds. The summed E-state index contributed by atoms with van der Waals surface area (Å²) in [7, 11) is 0. The first kappa shape index (κ1) is 19.5. The van der Waals surface area contributed by atoms with Gasteiger partial charge in [0.25, 0.3) is 0 Å². The molecular formula is C22H24F3NO. The lowest BCUT2D eigenvalue weighted by Crippen LogP contribution is -2.23. The van der Waals surface area contributed by atoms with Crippen molar-refractivity contribution >= 4 is 11.1 Å². The van der Waals surface area contributed by atoms with E-state index in [0.717, 1.165) is 22.2 Å². The molecule has 0 aliphatic heterocycles. The Kier molecular flexibility index (Phi) is 5.59. The lowest BCUT2D eigenvalue weighted by molar-refractivity contribution is -0.0381. The monoisotopic (exact) mass is 375 g/mol. The molecule has 0 atom stereocenters. The van der Waals surface area contributed by atoms with Crippen molar-refractivity contribution in [3.63, 3.8) is 0 Å². The third-order valence-electron chi connectivity index (χ3n) is 5.03. The number of nitrogens with zero attached hydrogens (tertiary/aromatic N) is 1. The number of rotatable bonds is 5. The second kappa shape index (κ2) is 7.75. The van der Waals surface area contributed by atoms with Crippen LogP contribution in [0.25, 0.3) is 11.1 Å². The number of hydrogen-bond donors (Lipinski definition) is 0. The molecule has 3 rings (SSSR count). The molecule has 1 heterocycles. The van der Waals surface area contributed by atoms with Crippen LogP contribution in [0.15, 0.2) is 52.8 Å². The number of fused-ring (bicyclic) bond motifs is 1. The molecule has 1 aliphatic rings. The van der Waals surface area contributed by atoms with Gasteiger partial charge in [-0.3, -0.25) is 0 Å². The fourth-order valence-electron chi connectivity index (χ4n) is 3.60. The van der Waals surface area contributed by atoms with E-state index < -0.39 is 5.92 Å². The molecule has 0 bridgehead atoms. The number of hydrogen-bond acceptors (Lipinski definition) is 2. The second-order valence-corrected chi connectivity index (χ2v) is 7.24. The zero-order valence-electron chi connectivity index (χ0n) is 15.7. The largest absolute Gasteiger partial charge is 0.441 e. The van der Waals surface area contributed by atoms with Gasteiger partial charge in [-0.25, -0.2) is 18.2 Å². The van der Waals surface area contributed by atoms with Crippen LogP contribution in [0.1, 0.15) is 55.5 Å². The number of halogens is 3. The average molecular weight is 375 g/mol. The van der Waals surface area contributed by atoms with Crippen molar-refractivity contribution in [3.8, 4) is 0 Å². The maximum atomic E-state index is 13.6. The maximum absolute atomic E-state index is 13.6. The highest BCUT2D eigenvalue weighted by Gasteiger charge is 2.36. The highest BCUT2D eigenvalue weighted by Crippen LogP contribution is 2.43. The average Bonchev–Trinajstić information content (AvgIpc) is 2.99. The number of aromatic nitrogens is 1. The molecule has 1 saturated carbocycles. The minimum Gasteiger partial charge on any atom is -0.441 e. The molecule has 1 fully saturated rings. The topological polar surface area (TPSA) is 26.0 Å². The minimum absolute atomic E-state index is 0.0312. The van der Waals surface area contributed by atoms with Gasteiger partial charge in [0.15, 0.2) is 11.5 Å². The van der Waals surface area contributed by atoms with E-state index in [4.69, 9.17) is 4.42 Å². The van der Waals surface area contributed by atoms with Crippen LogP contribution in [-0.4, -0.2) is 10.9 Å². The molecule has 2 nitrogen and oxygen atoms in total. The molecule has 0 saturated heterocycles. The van der Waals surface area contributed by atoms with Crippen LogP contribution in [0.4, 0.5) is 13.2 Å². The quantitative estimate of drug-likeness (QED) is 0.528. The Balaban J connectivity index is 1.89. The van der Waals surface area contributed by atoms with E-state index in [1.165, 1.54) is 12.2 Å². The lowest BCUT2D eigenvalue weighted by Gasteiger charge is -2.28. The fourth-order valence-corrected chi connectivity index (χ4v) is 3.60. The van der Waals surface area contributed by atoms with Crippen molar-refractivity contribution in [2.75, 3.05) is 0 Å². The molecule has 1 aromatic heterocycles. The van der Waals surface area contributed by atoms with Crippen LogP contribution >= 0.6 is 0 Å². The van der Waals surface area contributed by atoms with E-state index in [1.54, 1.807) is 19.9 Å². The summed E-state index contributed by atoms with van der Waals surface area (Å²) in [4.78, 5) is 4.42. The van der Waals surface area contributed by atoms with Crippen LogP contribution in [0, 0.1) is 6.92 Å². The molecule has 1 aliphatic carbocycles. The Hall–Kier alpha value is -2.30. The summed E-state index contributed by atoms with van der Waals surface area (Å²) >= 11 is 0. The van der Waals surface area contributed by atoms with E-state index in [-0.39, 0.29) is 24.6 Å². The smallest absolute Gasteiger partial charge is 0.248 e. The number of aryl methyl sites for hydroxylation is 1. The summed E-state index contributed by atoms with van der Waals surface area (Å²) in [5.74, 6) is -2.30. The molecule has 2 aromatic rings. The summed E-state index contributed by atoms with van der Waals surface area (Å²) in [6, 6.07) is 3.93. The van der Waals surface area contributed by atoms with Gasteiger partial charge in [0.1, 0.15) is 11.3 Å². The van der Waals surface area contributed by atoms with E-state index in [2.05, 4.69) is 11.6 Å². The minimum atomic E-state index is -2.57. The van der Waals surface area contributed by atoms with E-state index in [0.29, 0.717) is 30.7 Å². The SMILES string of the molecule is C=C(/C=C\C(F)=C/C)Cc1cc(C2CCC(F)(F)CC2)c2oc(C)nc2c1. The lowest BCUT2D eigenvalue weighted by atomic mass is 9.81. The summed E-state index contributed by atoms with van der Waals surface area (Å²) in [5.41, 5.74) is 4.09. The normalized spacial score (nSPS) is 18.5. The Labute approximate surface area is 157 Å². The van der Waals surface area contributed by atoms with Gasteiger partial charge in [-0.2, -0.15) is 0 Å². The van der Waals surface area contributed by atoms with Gasteiger partial charge in [-0.15, -0.1) is 0 Å². The van der Waals surface area contributed by atoms with Crippen molar-refractivity contribution in [2.24, 2.45) is 0 Å². The van der Waals surface area contributed by atoms with Crippen molar-refractivity contribution < 1.29 is 17.6 Å². The van der Waals surface area contributed by atoms with Crippen LogP contribution < -0.4 is 0 Å². The van der Waals surface area contributed by atoms with Crippen molar-refractivity contribution in [3.05, 3.63) is 65.4 Å². The zero-order valence-corrected chi connectivity index (χ0v) is 15.7. The number of alkyl halides is 2. The third kappa shape index (κ3) is 4.71. The van der Waals surface area contributed by atoms with E-state index in [9.17, 15) is 13.2 Å². The van der Waals surface area contributed by atoms with Crippen LogP contribution in [-0.2, 0) is 6.42 Å².